The van der Waals surface area contributed by atoms with Crippen LogP contribution in [0.2, 0.25) is 0 Å². The van der Waals surface area contributed by atoms with E-state index in [-0.39, 0.29) is 18.4 Å². The van der Waals surface area contributed by atoms with Gasteiger partial charge in [-0.15, -0.1) is 0 Å². The van der Waals surface area contributed by atoms with E-state index >= 15 is 0 Å². The second kappa shape index (κ2) is 5.87. The van der Waals surface area contributed by atoms with Gasteiger partial charge in [-0.1, -0.05) is 12.1 Å². The number of rotatable bonds is 3. The maximum absolute atomic E-state index is 12.2. The molecule has 3 rings (SSSR count). The number of hydrogen-bond donors (Lipinski definition) is 3. The van der Waals surface area contributed by atoms with Gasteiger partial charge in [-0.05, 0) is 35.9 Å². The first-order valence-corrected chi connectivity index (χ1v) is 6.83. The van der Waals surface area contributed by atoms with Crippen molar-refractivity contribution < 1.29 is 14.3 Å². The molecular weight excluding hydrogens is 282 g/mol. The average Bonchev–Trinajstić information content (AvgIpc) is 2.54. The maximum Gasteiger partial charge on any atom is 0.262 e. The fraction of sp³-hybridized carbons (Fsp3) is 0.125. The van der Waals surface area contributed by atoms with E-state index in [1.165, 1.54) is 0 Å². The SMILES string of the molecule is NCc1ccc(NC(=O)c2ccc3c(c2)NC(=O)CO3)cc1. The summed E-state index contributed by atoms with van der Waals surface area (Å²) in [5, 5.41) is 5.47. The smallest absolute Gasteiger partial charge is 0.262 e. The van der Waals surface area contributed by atoms with Crippen molar-refractivity contribution >= 4 is 23.2 Å². The number of carbonyl (C=O) groups excluding carboxylic acids is 2. The Morgan fingerprint density at radius 2 is 2.00 bits per heavy atom. The number of carbonyl (C=O) groups is 2. The molecular formula is C16H15N3O3. The summed E-state index contributed by atoms with van der Waals surface area (Å²) in [6, 6.07) is 12.2. The molecule has 6 heteroatoms. The molecule has 1 aliphatic heterocycles. The highest BCUT2D eigenvalue weighted by molar-refractivity contribution is 6.06. The zero-order valence-electron chi connectivity index (χ0n) is 11.8. The monoisotopic (exact) mass is 297 g/mol. The number of amides is 2. The van der Waals surface area contributed by atoms with Crippen molar-refractivity contribution in [2.24, 2.45) is 5.73 Å². The maximum atomic E-state index is 12.2. The van der Waals surface area contributed by atoms with E-state index < -0.39 is 0 Å². The van der Waals surface area contributed by atoms with Crippen LogP contribution in [0.25, 0.3) is 0 Å². The lowest BCUT2D eigenvalue weighted by Crippen LogP contribution is -2.25. The van der Waals surface area contributed by atoms with Gasteiger partial charge in [0.05, 0.1) is 5.69 Å². The Hall–Kier alpha value is -2.86. The zero-order valence-corrected chi connectivity index (χ0v) is 11.8. The number of anilines is 2. The van der Waals surface area contributed by atoms with Crippen LogP contribution >= 0.6 is 0 Å². The molecule has 1 heterocycles. The van der Waals surface area contributed by atoms with Crippen LogP contribution in [0.4, 0.5) is 11.4 Å². The van der Waals surface area contributed by atoms with Crippen LogP contribution in [0.15, 0.2) is 42.5 Å². The molecule has 2 amide bonds. The van der Waals surface area contributed by atoms with Crippen molar-refractivity contribution in [1.82, 2.24) is 0 Å². The summed E-state index contributed by atoms with van der Waals surface area (Å²) in [6.45, 7) is 0.449. The molecule has 2 aromatic rings. The number of nitrogens with one attached hydrogen (secondary N) is 2. The highest BCUT2D eigenvalue weighted by Crippen LogP contribution is 2.28. The average molecular weight is 297 g/mol. The minimum Gasteiger partial charge on any atom is -0.482 e. The lowest BCUT2D eigenvalue weighted by atomic mass is 10.1. The van der Waals surface area contributed by atoms with Gasteiger partial charge >= 0.3 is 0 Å². The molecule has 6 nitrogen and oxygen atoms in total. The first-order valence-electron chi connectivity index (χ1n) is 6.83. The predicted octanol–water partition coefficient (Wildman–Crippen LogP) is 1.73. The van der Waals surface area contributed by atoms with Gasteiger partial charge in [-0.25, -0.2) is 0 Å². The molecule has 0 spiro atoms. The standard InChI is InChI=1S/C16H15N3O3/c17-8-10-1-4-12(5-2-10)18-16(21)11-3-6-14-13(7-11)19-15(20)9-22-14/h1-7H,8-9,17H2,(H,18,21)(H,19,20). The molecule has 0 saturated carbocycles. The van der Waals surface area contributed by atoms with Gasteiger partial charge in [0.1, 0.15) is 5.75 Å². The second-order valence-electron chi connectivity index (χ2n) is 4.90. The fourth-order valence-electron chi connectivity index (χ4n) is 2.15. The number of hydrogen-bond acceptors (Lipinski definition) is 4. The molecule has 0 saturated heterocycles. The Labute approximate surface area is 127 Å². The van der Waals surface area contributed by atoms with Crippen molar-refractivity contribution in [3.8, 4) is 5.75 Å². The fourth-order valence-corrected chi connectivity index (χ4v) is 2.15. The normalized spacial score (nSPS) is 12.9. The Balaban J connectivity index is 1.77. The summed E-state index contributed by atoms with van der Waals surface area (Å²) >= 11 is 0. The van der Waals surface area contributed by atoms with Crippen LogP contribution in [-0.4, -0.2) is 18.4 Å². The van der Waals surface area contributed by atoms with Gasteiger partial charge in [0, 0.05) is 17.8 Å². The number of benzene rings is 2. The summed E-state index contributed by atoms with van der Waals surface area (Å²) in [4.78, 5) is 23.6. The van der Waals surface area contributed by atoms with Gasteiger partial charge in [0.2, 0.25) is 0 Å². The first-order chi connectivity index (χ1) is 10.7. The molecule has 4 N–H and O–H groups in total. The lowest BCUT2D eigenvalue weighted by molar-refractivity contribution is -0.118. The molecule has 0 atom stereocenters. The van der Waals surface area contributed by atoms with Gasteiger partial charge in [0.15, 0.2) is 6.61 Å². The third-order valence-corrected chi connectivity index (χ3v) is 3.32. The molecule has 0 unspecified atom stereocenters. The number of nitrogens with two attached hydrogens (primary N) is 1. The van der Waals surface area contributed by atoms with E-state index in [9.17, 15) is 9.59 Å². The Morgan fingerprint density at radius 1 is 1.23 bits per heavy atom. The van der Waals surface area contributed by atoms with Crippen molar-refractivity contribution in [1.29, 1.82) is 0 Å². The van der Waals surface area contributed by atoms with Crippen molar-refractivity contribution in [3.63, 3.8) is 0 Å². The summed E-state index contributed by atoms with van der Waals surface area (Å²) in [5.41, 5.74) is 8.15. The minimum atomic E-state index is -0.261. The molecule has 0 radical (unpaired) electrons. The quantitative estimate of drug-likeness (QED) is 0.804. The Morgan fingerprint density at radius 3 is 2.73 bits per heavy atom. The molecule has 0 aromatic heterocycles. The van der Waals surface area contributed by atoms with Crippen LogP contribution in [0.1, 0.15) is 15.9 Å². The van der Waals surface area contributed by atoms with Crippen molar-refractivity contribution in [2.45, 2.75) is 6.54 Å². The largest absolute Gasteiger partial charge is 0.482 e. The van der Waals surface area contributed by atoms with Crippen LogP contribution < -0.4 is 21.1 Å². The number of ether oxygens (including phenoxy) is 1. The third kappa shape index (κ3) is 2.91. The molecule has 22 heavy (non-hydrogen) atoms. The van der Waals surface area contributed by atoms with Gasteiger partial charge in [-0.2, -0.15) is 0 Å². The first kappa shape index (κ1) is 14.1. The summed E-state index contributed by atoms with van der Waals surface area (Å²) in [5.74, 6) is 0.0639. The van der Waals surface area contributed by atoms with E-state index in [2.05, 4.69) is 10.6 Å². The summed E-state index contributed by atoms with van der Waals surface area (Å²) in [6.07, 6.45) is 0. The van der Waals surface area contributed by atoms with Crippen molar-refractivity contribution in [3.05, 3.63) is 53.6 Å². The van der Waals surface area contributed by atoms with Crippen molar-refractivity contribution in [2.75, 3.05) is 17.2 Å². The Bertz CT molecular complexity index is 726. The third-order valence-electron chi connectivity index (χ3n) is 3.32. The van der Waals surface area contributed by atoms with Crippen LogP contribution in [-0.2, 0) is 11.3 Å². The topological polar surface area (TPSA) is 93.5 Å². The molecule has 112 valence electrons. The molecule has 0 aliphatic carbocycles. The van der Waals surface area contributed by atoms with E-state index in [0.717, 1.165) is 5.56 Å². The highest BCUT2D eigenvalue weighted by Gasteiger charge is 2.17. The highest BCUT2D eigenvalue weighted by atomic mass is 16.5. The van der Waals surface area contributed by atoms with Crippen LogP contribution in [0.3, 0.4) is 0 Å². The predicted molar refractivity (Wildman–Crippen MR) is 82.9 cm³/mol. The summed E-state index contributed by atoms with van der Waals surface area (Å²) < 4.78 is 5.26. The lowest BCUT2D eigenvalue weighted by Gasteiger charge is -2.18. The minimum absolute atomic E-state index is 0.00790. The van der Waals surface area contributed by atoms with E-state index in [1.807, 2.05) is 12.1 Å². The molecule has 0 fully saturated rings. The number of fused-ring (bicyclic) bond motifs is 1. The second-order valence-corrected chi connectivity index (χ2v) is 4.90. The van der Waals surface area contributed by atoms with Gasteiger partial charge in [0.25, 0.3) is 11.8 Å². The van der Waals surface area contributed by atoms with E-state index in [0.29, 0.717) is 29.2 Å². The summed E-state index contributed by atoms with van der Waals surface area (Å²) in [7, 11) is 0. The van der Waals surface area contributed by atoms with E-state index in [4.69, 9.17) is 10.5 Å². The van der Waals surface area contributed by atoms with Crippen LogP contribution in [0.5, 0.6) is 5.75 Å². The van der Waals surface area contributed by atoms with Gasteiger partial charge in [-0.3, -0.25) is 9.59 Å². The zero-order chi connectivity index (χ0) is 15.5. The van der Waals surface area contributed by atoms with Gasteiger partial charge < -0.3 is 21.1 Å². The van der Waals surface area contributed by atoms with Crippen LogP contribution in [0, 0.1) is 0 Å². The molecule has 1 aliphatic rings. The Kier molecular flexibility index (Phi) is 3.76. The molecule has 2 aromatic carbocycles. The van der Waals surface area contributed by atoms with E-state index in [1.54, 1.807) is 30.3 Å². The molecule has 0 bridgehead atoms.